The van der Waals surface area contributed by atoms with Gasteiger partial charge in [-0.1, -0.05) is 0 Å². The number of fused-ring (bicyclic) bond motifs is 1. The van der Waals surface area contributed by atoms with E-state index in [4.69, 9.17) is 5.73 Å². The third-order valence-electron chi connectivity index (χ3n) is 1.60. The molecule has 0 aromatic carbocycles. The van der Waals surface area contributed by atoms with E-state index in [0.29, 0.717) is 0 Å². The van der Waals surface area contributed by atoms with E-state index in [9.17, 15) is 13.2 Å². The molecule has 0 radical (unpaired) electrons. The topological polar surface area (TPSA) is 69.1 Å². The summed E-state index contributed by atoms with van der Waals surface area (Å²) >= 11 is 2.99. The number of nitrogens with zero attached hydrogens (tertiary/aromatic N) is 4. The van der Waals surface area contributed by atoms with E-state index in [-0.39, 0.29) is 16.1 Å². The molecule has 0 atom stereocenters. The minimum Gasteiger partial charge on any atom is -0.380 e. The van der Waals surface area contributed by atoms with Gasteiger partial charge in [0.2, 0.25) is 0 Å². The molecule has 0 saturated heterocycles. The molecule has 0 bridgehead atoms. The fourth-order valence-corrected chi connectivity index (χ4v) is 1.35. The monoisotopic (exact) mass is 281 g/mol. The Bertz CT molecular complexity index is 519. The summed E-state index contributed by atoms with van der Waals surface area (Å²) in [6, 6.07) is 0. The van der Waals surface area contributed by atoms with Gasteiger partial charge in [0.15, 0.2) is 11.5 Å². The number of nitrogens with two attached hydrogens (primary N) is 1. The first-order valence-corrected chi connectivity index (χ1v) is 4.43. The van der Waals surface area contributed by atoms with E-state index in [1.54, 1.807) is 0 Å². The predicted octanol–water partition coefficient (Wildman–Crippen LogP) is 1.49. The maximum atomic E-state index is 12.3. The molecule has 0 fully saturated rings. The van der Waals surface area contributed by atoms with Crippen molar-refractivity contribution in [2.24, 2.45) is 0 Å². The lowest BCUT2D eigenvalue weighted by Crippen LogP contribution is -2.15. The third kappa shape index (κ3) is 1.62. The Balaban J connectivity index is 2.76. The molecule has 0 aliphatic carbocycles. The van der Waals surface area contributed by atoms with Gasteiger partial charge in [0.25, 0.3) is 5.82 Å². The largest absolute Gasteiger partial charge is 0.453 e. The number of nitrogen functional groups attached to an aromatic ring is 1. The zero-order valence-corrected chi connectivity index (χ0v) is 8.54. The fourth-order valence-electron chi connectivity index (χ4n) is 0.996. The lowest BCUT2D eigenvalue weighted by atomic mass is 10.5. The smallest absolute Gasteiger partial charge is 0.380 e. The second-order valence-electron chi connectivity index (χ2n) is 2.63. The van der Waals surface area contributed by atoms with Crippen LogP contribution in [0.1, 0.15) is 5.82 Å². The highest BCUT2D eigenvalue weighted by atomic mass is 79.9. The van der Waals surface area contributed by atoms with Crippen LogP contribution in [0.3, 0.4) is 0 Å². The van der Waals surface area contributed by atoms with E-state index in [2.05, 4.69) is 31.0 Å². The normalized spacial score (nSPS) is 12.3. The molecule has 2 aromatic rings. The second-order valence-corrected chi connectivity index (χ2v) is 3.45. The molecule has 0 aliphatic heterocycles. The number of rotatable bonds is 0. The van der Waals surface area contributed by atoms with Crippen molar-refractivity contribution in [3.8, 4) is 0 Å². The molecule has 2 aromatic heterocycles. The predicted molar refractivity (Wildman–Crippen MR) is 47.9 cm³/mol. The van der Waals surface area contributed by atoms with Crippen LogP contribution in [0.5, 0.6) is 0 Å². The van der Waals surface area contributed by atoms with Crippen LogP contribution in [-0.4, -0.2) is 19.6 Å². The van der Waals surface area contributed by atoms with E-state index < -0.39 is 12.0 Å². The number of halogens is 4. The Morgan fingerprint density at radius 1 is 1.40 bits per heavy atom. The van der Waals surface area contributed by atoms with Gasteiger partial charge in [-0.25, -0.2) is 14.5 Å². The number of hydrogen-bond donors (Lipinski definition) is 1. The van der Waals surface area contributed by atoms with Gasteiger partial charge in [-0.2, -0.15) is 13.2 Å². The third-order valence-corrected chi connectivity index (χ3v) is 2.14. The van der Waals surface area contributed by atoms with Crippen molar-refractivity contribution < 1.29 is 13.2 Å². The maximum Gasteiger partial charge on any atom is 0.453 e. The lowest BCUT2D eigenvalue weighted by molar-refractivity contribution is -0.145. The van der Waals surface area contributed by atoms with Crippen molar-refractivity contribution in [3.63, 3.8) is 0 Å². The first kappa shape index (κ1) is 10.1. The molecule has 2 N–H and O–H groups in total. The molecule has 0 aliphatic rings. The zero-order chi connectivity index (χ0) is 11.2. The molecule has 5 nitrogen and oxygen atoms in total. The summed E-state index contributed by atoms with van der Waals surface area (Å²) < 4.78 is 38.1. The fraction of sp³-hybridized carbons (Fsp3) is 0.167. The average molecular weight is 282 g/mol. The second kappa shape index (κ2) is 3.05. The van der Waals surface area contributed by atoms with E-state index in [1.165, 1.54) is 6.20 Å². The number of imidazole rings is 1. The number of hydrogen-bond acceptors (Lipinski definition) is 4. The summed E-state index contributed by atoms with van der Waals surface area (Å²) in [6.45, 7) is 0. The molecule has 2 heterocycles. The van der Waals surface area contributed by atoms with Crippen LogP contribution in [0.25, 0.3) is 5.65 Å². The van der Waals surface area contributed by atoms with Crippen molar-refractivity contribution >= 4 is 27.4 Å². The van der Waals surface area contributed by atoms with E-state index in [1.807, 2.05) is 0 Å². The van der Waals surface area contributed by atoms with Crippen LogP contribution in [0, 0.1) is 0 Å². The summed E-state index contributed by atoms with van der Waals surface area (Å²) in [6.07, 6.45) is -3.34. The van der Waals surface area contributed by atoms with Crippen molar-refractivity contribution in [1.82, 2.24) is 19.6 Å². The van der Waals surface area contributed by atoms with Crippen molar-refractivity contribution in [2.45, 2.75) is 6.18 Å². The van der Waals surface area contributed by atoms with Gasteiger partial charge in [-0.05, 0) is 15.9 Å². The van der Waals surface area contributed by atoms with Gasteiger partial charge < -0.3 is 5.73 Å². The SMILES string of the molecule is Nc1nc(C(F)(F)F)nn2c(Br)cnc12. The van der Waals surface area contributed by atoms with E-state index in [0.717, 1.165) is 4.52 Å². The summed E-state index contributed by atoms with van der Waals surface area (Å²) in [5, 5.41) is 3.26. The Hall–Kier alpha value is -1.38. The van der Waals surface area contributed by atoms with Gasteiger partial charge in [0.1, 0.15) is 4.60 Å². The highest BCUT2D eigenvalue weighted by molar-refractivity contribution is 9.10. The summed E-state index contributed by atoms with van der Waals surface area (Å²) in [7, 11) is 0. The molecule has 0 spiro atoms. The van der Waals surface area contributed by atoms with E-state index >= 15 is 0 Å². The Morgan fingerprint density at radius 3 is 2.67 bits per heavy atom. The van der Waals surface area contributed by atoms with Gasteiger partial charge in [0, 0.05) is 0 Å². The number of alkyl halides is 3. The van der Waals surface area contributed by atoms with Crippen LogP contribution in [-0.2, 0) is 6.18 Å². The molecule has 0 saturated carbocycles. The number of aromatic nitrogens is 4. The van der Waals surface area contributed by atoms with Crippen LogP contribution in [0.15, 0.2) is 10.8 Å². The molecule has 15 heavy (non-hydrogen) atoms. The number of anilines is 1. The Kier molecular flexibility index (Phi) is 2.07. The zero-order valence-electron chi connectivity index (χ0n) is 6.96. The minimum absolute atomic E-state index is 0.0786. The standard InChI is InChI=1S/C6H3BrF3N5/c7-2-1-12-4-3(11)13-5(6(8,9)10)14-15(2)4/h1H,(H2,11,13,14). The quantitative estimate of drug-likeness (QED) is 0.794. The maximum absolute atomic E-state index is 12.3. The highest BCUT2D eigenvalue weighted by Gasteiger charge is 2.36. The van der Waals surface area contributed by atoms with Crippen LogP contribution < -0.4 is 5.73 Å². The van der Waals surface area contributed by atoms with Gasteiger partial charge in [0.05, 0.1) is 6.20 Å². The minimum atomic E-state index is -4.63. The molecule has 0 unspecified atom stereocenters. The average Bonchev–Trinajstić information content (AvgIpc) is 2.47. The molecular weight excluding hydrogens is 279 g/mol. The molecule has 2 rings (SSSR count). The van der Waals surface area contributed by atoms with Crippen molar-refractivity contribution in [2.75, 3.05) is 5.73 Å². The molecule has 9 heteroatoms. The molecule has 0 amide bonds. The lowest BCUT2D eigenvalue weighted by Gasteiger charge is -2.05. The van der Waals surface area contributed by atoms with Crippen molar-refractivity contribution in [1.29, 1.82) is 0 Å². The first-order valence-electron chi connectivity index (χ1n) is 3.63. The van der Waals surface area contributed by atoms with Gasteiger partial charge in [-0.15, -0.1) is 5.10 Å². The van der Waals surface area contributed by atoms with Crippen LogP contribution in [0.4, 0.5) is 19.0 Å². The summed E-state index contributed by atoms with van der Waals surface area (Å²) in [5.41, 5.74) is 5.39. The summed E-state index contributed by atoms with van der Waals surface area (Å²) in [5.74, 6) is -1.62. The molecular formula is C6H3BrF3N5. The van der Waals surface area contributed by atoms with Crippen LogP contribution >= 0.6 is 15.9 Å². The van der Waals surface area contributed by atoms with Crippen LogP contribution in [0.2, 0.25) is 0 Å². The highest BCUT2D eigenvalue weighted by Crippen LogP contribution is 2.27. The Morgan fingerprint density at radius 2 is 2.07 bits per heavy atom. The van der Waals surface area contributed by atoms with Gasteiger partial charge in [-0.3, -0.25) is 0 Å². The molecule has 80 valence electrons. The summed E-state index contributed by atoms with van der Waals surface area (Å²) in [4.78, 5) is 6.86. The van der Waals surface area contributed by atoms with Crippen molar-refractivity contribution in [3.05, 3.63) is 16.6 Å². The van der Waals surface area contributed by atoms with Gasteiger partial charge >= 0.3 is 6.18 Å². The Labute approximate surface area is 89.2 Å². The first-order chi connectivity index (χ1) is 6.89.